The van der Waals surface area contributed by atoms with Crippen molar-refractivity contribution in [1.29, 1.82) is 0 Å². The molecule has 1 nitrogen and oxygen atoms in total. The molecule has 3 aliphatic carbocycles. The van der Waals surface area contributed by atoms with Gasteiger partial charge < -0.3 is 5.32 Å². The van der Waals surface area contributed by atoms with Crippen molar-refractivity contribution >= 4 is 27.3 Å². The molecule has 1 aromatic rings. The van der Waals surface area contributed by atoms with Gasteiger partial charge in [0.2, 0.25) is 0 Å². The summed E-state index contributed by atoms with van der Waals surface area (Å²) in [6.07, 6.45) is 4.59. The summed E-state index contributed by atoms with van der Waals surface area (Å²) in [7, 11) is 0. The first-order valence-corrected chi connectivity index (χ1v) is 7.97. The molecule has 0 aliphatic heterocycles. The normalized spacial score (nSPS) is 43.7. The zero-order valence-electron chi connectivity index (χ0n) is 9.16. The van der Waals surface area contributed by atoms with Gasteiger partial charge in [-0.25, -0.2) is 0 Å². The maximum atomic E-state index is 3.78. The fraction of sp³-hybridized carbons (Fsp3) is 0.692. The Kier molecular flexibility index (Phi) is 2.25. The Morgan fingerprint density at radius 3 is 2.69 bits per heavy atom. The second kappa shape index (κ2) is 3.56. The molecule has 16 heavy (non-hydrogen) atoms. The molecular formula is C13H16BrNS. The first kappa shape index (κ1) is 10.1. The average molecular weight is 298 g/mol. The molecule has 4 rings (SSSR count). The monoisotopic (exact) mass is 297 g/mol. The lowest BCUT2D eigenvalue weighted by molar-refractivity contribution is 0.456. The Bertz CT molecular complexity index is 400. The van der Waals surface area contributed by atoms with Crippen molar-refractivity contribution in [2.24, 2.45) is 23.7 Å². The van der Waals surface area contributed by atoms with Crippen LogP contribution in [0.3, 0.4) is 0 Å². The highest BCUT2D eigenvalue weighted by atomic mass is 79.9. The van der Waals surface area contributed by atoms with Crippen molar-refractivity contribution < 1.29 is 0 Å². The van der Waals surface area contributed by atoms with E-state index in [0.29, 0.717) is 0 Å². The van der Waals surface area contributed by atoms with Crippen molar-refractivity contribution in [1.82, 2.24) is 5.32 Å². The van der Waals surface area contributed by atoms with Gasteiger partial charge in [0.05, 0.1) is 0 Å². The predicted molar refractivity (Wildman–Crippen MR) is 70.5 cm³/mol. The van der Waals surface area contributed by atoms with E-state index in [0.717, 1.165) is 36.3 Å². The third kappa shape index (κ3) is 1.37. The van der Waals surface area contributed by atoms with E-state index in [-0.39, 0.29) is 0 Å². The van der Waals surface area contributed by atoms with Crippen LogP contribution in [-0.2, 0) is 6.54 Å². The fourth-order valence-electron chi connectivity index (χ4n) is 4.26. The minimum absolute atomic E-state index is 0.861. The molecule has 1 aromatic heterocycles. The van der Waals surface area contributed by atoms with Gasteiger partial charge in [0.1, 0.15) is 0 Å². The van der Waals surface area contributed by atoms with Crippen LogP contribution in [0.25, 0.3) is 0 Å². The molecule has 1 N–H and O–H groups in total. The maximum Gasteiger partial charge on any atom is 0.0327 e. The Morgan fingerprint density at radius 2 is 2.06 bits per heavy atom. The first-order valence-electron chi connectivity index (χ1n) is 6.30. The van der Waals surface area contributed by atoms with E-state index in [1.165, 1.54) is 22.2 Å². The molecule has 0 radical (unpaired) electrons. The minimum Gasteiger partial charge on any atom is -0.308 e. The van der Waals surface area contributed by atoms with Crippen molar-refractivity contribution in [2.75, 3.05) is 0 Å². The first-order chi connectivity index (χ1) is 7.84. The third-order valence-corrected chi connectivity index (χ3v) is 6.85. The minimum atomic E-state index is 0.861. The molecule has 4 atom stereocenters. The number of thiophene rings is 1. The topological polar surface area (TPSA) is 12.0 Å². The molecule has 0 saturated heterocycles. The number of nitrogens with one attached hydrogen (secondary N) is 1. The SMILES string of the molecule is Brc1ccsc1CNC1C2C3CCC(C3)C12. The van der Waals surface area contributed by atoms with Crippen LogP contribution in [0.1, 0.15) is 24.1 Å². The van der Waals surface area contributed by atoms with Crippen molar-refractivity contribution in [3.63, 3.8) is 0 Å². The number of fused-ring (bicyclic) bond motifs is 5. The average Bonchev–Trinajstić information content (AvgIpc) is 2.70. The van der Waals surface area contributed by atoms with Crippen molar-refractivity contribution in [2.45, 2.75) is 31.8 Å². The van der Waals surface area contributed by atoms with Crippen LogP contribution in [0.15, 0.2) is 15.9 Å². The zero-order valence-corrected chi connectivity index (χ0v) is 11.6. The van der Waals surface area contributed by atoms with Gasteiger partial charge in [-0.3, -0.25) is 0 Å². The quantitative estimate of drug-likeness (QED) is 0.898. The second-order valence-electron chi connectivity index (χ2n) is 5.59. The highest BCUT2D eigenvalue weighted by molar-refractivity contribution is 9.10. The molecular weight excluding hydrogens is 282 g/mol. The summed E-state index contributed by atoms with van der Waals surface area (Å²) >= 11 is 5.46. The van der Waals surface area contributed by atoms with E-state index in [4.69, 9.17) is 0 Å². The molecule has 3 fully saturated rings. The molecule has 86 valence electrons. The molecule has 1 heterocycles. The highest BCUT2D eigenvalue weighted by Crippen LogP contribution is 2.65. The lowest BCUT2D eigenvalue weighted by Crippen LogP contribution is -2.22. The van der Waals surface area contributed by atoms with E-state index in [1.807, 2.05) is 11.3 Å². The van der Waals surface area contributed by atoms with Crippen molar-refractivity contribution in [3.8, 4) is 0 Å². The lowest BCUT2D eigenvalue weighted by atomic mass is 10.0. The lowest BCUT2D eigenvalue weighted by Gasteiger charge is -2.09. The molecule has 4 unspecified atom stereocenters. The van der Waals surface area contributed by atoms with Crippen LogP contribution in [0, 0.1) is 23.7 Å². The Morgan fingerprint density at radius 1 is 1.31 bits per heavy atom. The summed E-state index contributed by atoms with van der Waals surface area (Å²) in [5.41, 5.74) is 0. The van der Waals surface area contributed by atoms with Crippen LogP contribution in [0.2, 0.25) is 0 Å². The summed E-state index contributed by atoms with van der Waals surface area (Å²) < 4.78 is 1.28. The number of hydrogen-bond acceptors (Lipinski definition) is 2. The van der Waals surface area contributed by atoms with Gasteiger partial charge >= 0.3 is 0 Å². The smallest absolute Gasteiger partial charge is 0.0327 e. The Hall–Kier alpha value is 0.140. The number of halogens is 1. The molecule has 0 amide bonds. The zero-order chi connectivity index (χ0) is 10.7. The van der Waals surface area contributed by atoms with E-state index >= 15 is 0 Å². The van der Waals surface area contributed by atoms with E-state index in [9.17, 15) is 0 Å². The van der Waals surface area contributed by atoms with Gasteiger partial charge in [0.25, 0.3) is 0 Å². The second-order valence-corrected chi connectivity index (χ2v) is 7.44. The van der Waals surface area contributed by atoms with Gasteiger partial charge in [-0.1, -0.05) is 0 Å². The standard InChI is InChI=1S/C13H16BrNS/c14-9-3-4-16-10(9)6-15-13-11-7-1-2-8(5-7)12(11)13/h3-4,7-8,11-13,15H,1-2,5-6H2. The van der Waals surface area contributed by atoms with Gasteiger partial charge in [0, 0.05) is 21.9 Å². The summed E-state index contributed by atoms with van der Waals surface area (Å²) in [4.78, 5) is 1.46. The van der Waals surface area contributed by atoms with E-state index < -0.39 is 0 Å². The fourth-order valence-corrected chi connectivity index (χ4v) is 5.70. The van der Waals surface area contributed by atoms with Gasteiger partial charge in [0.15, 0.2) is 0 Å². The summed E-state index contributed by atoms with van der Waals surface area (Å²) in [5.74, 6) is 4.27. The molecule has 0 aromatic carbocycles. The van der Waals surface area contributed by atoms with Crippen LogP contribution >= 0.6 is 27.3 Å². The molecule has 0 spiro atoms. The highest BCUT2D eigenvalue weighted by Gasteiger charge is 2.64. The maximum absolute atomic E-state index is 3.78. The number of rotatable bonds is 3. The predicted octanol–water partition coefficient (Wildman–Crippen LogP) is 3.64. The Balaban J connectivity index is 1.39. The van der Waals surface area contributed by atoms with Crippen LogP contribution < -0.4 is 5.32 Å². The van der Waals surface area contributed by atoms with Crippen LogP contribution in [-0.4, -0.2) is 6.04 Å². The number of hydrogen-bond donors (Lipinski definition) is 1. The van der Waals surface area contributed by atoms with Crippen LogP contribution in [0.5, 0.6) is 0 Å². The third-order valence-electron chi connectivity index (χ3n) is 4.92. The van der Waals surface area contributed by atoms with Crippen molar-refractivity contribution in [3.05, 3.63) is 20.8 Å². The van der Waals surface area contributed by atoms with E-state index in [1.54, 1.807) is 6.42 Å². The molecule has 3 saturated carbocycles. The molecule has 3 heteroatoms. The Labute approximate surface area is 109 Å². The van der Waals surface area contributed by atoms with Gasteiger partial charge in [-0.2, -0.15) is 0 Å². The van der Waals surface area contributed by atoms with E-state index in [2.05, 4.69) is 32.7 Å². The molecule has 2 bridgehead atoms. The molecule has 3 aliphatic rings. The largest absolute Gasteiger partial charge is 0.308 e. The summed E-state index contributed by atoms with van der Waals surface area (Å²) in [6, 6.07) is 3.01. The van der Waals surface area contributed by atoms with Gasteiger partial charge in [-0.15, -0.1) is 11.3 Å². The summed E-state index contributed by atoms with van der Waals surface area (Å²) in [5, 5.41) is 5.95. The van der Waals surface area contributed by atoms with Gasteiger partial charge in [-0.05, 0) is 70.3 Å². The summed E-state index contributed by atoms with van der Waals surface area (Å²) in [6.45, 7) is 1.06. The van der Waals surface area contributed by atoms with Crippen LogP contribution in [0.4, 0.5) is 0 Å².